The van der Waals surface area contributed by atoms with Crippen LogP contribution in [-0.2, 0) is 7.05 Å². The number of rotatable bonds is 5. The minimum Gasteiger partial charge on any atom is -0.496 e. The van der Waals surface area contributed by atoms with Crippen molar-refractivity contribution in [3.63, 3.8) is 0 Å². The van der Waals surface area contributed by atoms with Crippen molar-refractivity contribution >= 4 is 17.7 Å². The van der Waals surface area contributed by atoms with Crippen LogP contribution < -0.4 is 10.1 Å². The van der Waals surface area contributed by atoms with Gasteiger partial charge in [-0.15, -0.1) is 0 Å². The quantitative estimate of drug-likeness (QED) is 0.737. The summed E-state index contributed by atoms with van der Waals surface area (Å²) in [7, 11) is 3.16. The Morgan fingerprint density at radius 3 is 2.50 bits per heavy atom. The number of hydrogen-bond acceptors (Lipinski definition) is 4. The monoisotopic (exact) mass is 351 g/mol. The molecule has 2 aromatic carbocycles. The van der Waals surface area contributed by atoms with Gasteiger partial charge in [-0.25, -0.2) is 4.79 Å². The fourth-order valence-corrected chi connectivity index (χ4v) is 2.61. The smallest absolute Gasteiger partial charge is 0.339 e. The summed E-state index contributed by atoms with van der Waals surface area (Å²) < 4.78 is 6.67. The first-order chi connectivity index (χ1) is 12.5. The van der Waals surface area contributed by atoms with Gasteiger partial charge in [0.1, 0.15) is 11.3 Å². The zero-order valence-electron chi connectivity index (χ0n) is 14.3. The Bertz CT molecular complexity index is 964. The lowest BCUT2D eigenvalue weighted by atomic mass is 10.1. The van der Waals surface area contributed by atoms with Crippen molar-refractivity contribution in [2.45, 2.75) is 0 Å². The lowest BCUT2D eigenvalue weighted by Crippen LogP contribution is -2.14. The highest BCUT2D eigenvalue weighted by Crippen LogP contribution is 2.23. The molecule has 0 unspecified atom stereocenters. The van der Waals surface area contributed by atoms with Gasteiger partial charge < -0.3 is 15.2 Å². The van der Waals surface area contributed by atoms with Gasteiger partial charge in [0.05, 0.1) is 12.8 Å². The second kappa shape index (κ2) is 7.10. The van der Waals surface area contributed by atoms with Gasteiger partial charge in [0.2, 0.25) is 0 Å². The second-order valence-corrected chi connectivity index (χ2v) is 5.58. The molecule has 1 aromatic heterocycles. The van der Waals surface area contributed by atoms with Crippen LogP contribution in [0.2, 0.25) is 0 Å². The normalized spacial score (nSPS) is 10.4. The summed E-state index contributed by atoms with van der Waals surface area (Å²) >= 11 is 0. The number of hydrogen-bond donors (Lipinski definition) is 2. The van der Waals surface area contributed by atoms with Crippen LogP contribution in [0.25, 0.3) is 11.3 Å². The SMILES string of the molecule is COc1ccc(C(=O)Nc2cc(-c3ccccc3)n(C)n2)cc1C(=O)O. The molecular weight excluding hydrogens is 334 g/mol. The van der Waals surface area contributed by atoms with Crippen LogP contribution in [0.1, 0.15) is 20.7 Å². The van der Waals surface area contributed by atoms with E-state index in [0.29, 0.717) is 5.82 Å². The maximum atomic E-state index is 12.5. The molecule has 3 rings (SSSR count). The van der Waals surface area contributed by atoms with E-state index in [0.717, 1.165) is 11.3 Å². The Morgan fingerprint density at radius 1 is 1.12 bits per heavy atom. The average molecular weight is 351 g/mol. The molecule has 0 bridgehead atoms. The number of ether oxygens (including phenoxy) is 1. The minimum atomic E-state index is -1.17. The van der Waals surface area contributed by atoms with Crippen LogP contribution in [0.4, 0.5) is 5.82 Å². The largest absolute Gasteiger partial charge is 0.496 e. The van der Waals surface area contributed by atoms with Gasteiger partial charge in [-0.2, -0.15) is 5.10 Å². The zero-order valence-corrected chi connectivity index (χ0v) is 14.3. The summed E-state index contributed by atoms with van der Waals surface area (Å²) in [5.41, 5.74) is 1.95. The van der Waals surface area contributed by atoms with Crippen LogP contribution in [0.3, 0.4) is 0 Å². The Labute approximate surface area is 149 Å². The summed E-state index contributed by atoms with van der Waals surface area (Å²) in [6.07, 6.45) is 0. The number of carbonyl (C=O) groups is 2. The molecule has 0 fully saturated rings. The molecule has 0 aliphatic carbocycles. The molecule has 0 atom stereocenters. The van der Waals surface area contributed by atoms with Crippen LogP contribution >= 0.6 is 0 Å². The Morgan fingerprint density at radius 2 is 1.85 bits per heavy atom. The van der Waals surface area contributed by atoms with Crippen molar-refractivity contribution in [2.75, 3.05) is 12.4 Å². The van der Waals surface area contributed by atoms with E-state index in [1.807, 2.05) is 30.3 Å². The van der Waals surface area contributed by atoms with E-state index in [1.165, 1.54) is 25.3 Å². The van der Waals surface area contributed by atoms with E-state index < -0.39 is 11.9 Å². The molecule has 0 spiro atoms. The van der Waals surface area contributed by atoms with E-state index in [4.69, 9.17) is 4.74 Å². The number of methoxy groups -OCH3 is 1. The highest BCUT2D eigenvalue weighted by atomic mass is 16.5. The Hall–Kier alpha value is -3.61. The van der Waals surface area contributed by atoms with E-state index in [1.54, 1.807) is 17.8 Å². The molecule has 2 N–H and O–H groups in total. The molecule has 1 heterocycles. The summed E-state index contributed by atoms with van der Waals surface area (Å²) in [5.74, 6) is -1.05. The Kier molecular flexibility index (Phi) is 4.70. The number of aryl methyl sites for hydroxylation is 1. The molecule has 0 saturated heterocycles. The molecular formula is C19H17N3O4. The van der Waals surface area contributed by atoms with Gasteiger partial charge in [0.25, 0.3) is 5.91 Å². The van der Waals surface area contributed by atoms with Crippen LogP contribution in [0, 0.1) is 0 Å². The van der Waals surface area contributed by atoms with Crippen molar-refractivity contribution < 1.29 is 19.4 Å². The number of benzene rings is 2. The molecule has 0 aliphatic heterocycles. The number of nitrogens with one attached hydrogen (secondary N) is 1. The zero-order chi connectivity index (χ0) is 18.7. The fraction of sp³-hybridized carbons (Fsp3) is 0.105. The van der Waals surface area contributed by atoms with Crippen LogP contribution in [0.5, 0.6) is 5.75 Å². The first kappa shape index (κ1) is 17.2. The predicted molar refractivity (Wildman–Crippen MR) is 96.6 cm³/mol. The first-order valence-corrected chi connectivity index (χ1v) is 7.81. The number of aromatic carboxylic acids is 1. The number of aromatic nitrogens is 2. The topological polar surface area (TPSA) is 93.5 Å². The minimum absolute atomic E-state index is 0.0776. The number of carbonyl (C=O) groups excluding carboxylic acids is 1. The molecule has 1 amide bonds. The number of nitrogens with zero attached hydrogens (tertiary/aromatic N) is 2. The van der Waals surface area contributed by atoms with E-state index in [9.17, 15) is 14.7 Å². The highest BCUT2D eigenvalue weighted by Gasteiger charge is 2.16. The molecule has 132 valence electrons. The first-order valence-electron chi connectivity index (χ1n) is 7.81. The summed E-state index contributed by atoms with van der Waals surface area (Å²) in [4.78, 5) is 23.7. The highest BCUT2D eigenvalue weighted by molar-refractivity contribution is 6.05. The third-order valence-corrected chi connectivity index (χ3v) is 3.88. The molecule has 26 heavy (non-hydrogen) atoms. The molecule has 7 heteroatoms. The number of carboxylic acids is 1. The summed E-state index contributed by atoms with van der Waals surface area (Å²) in [6, 6.07) is 15.7. The van der Waals surface area contributed by atoms with Crippen molar-refractivity contribution in [3.05, 3.63) is 65.7 Å². The summed E-state index contributed by atoms with van der Waals surface area (Å²) in [5, 5.41) is 16.2. The molecule has 0 radical (unpaired) electrons. The second-order valence-electron chi connectivity index (χ2n) is 5.58. The maximum absolute atomic E-state index is 12.5. The summed E-state index contributed by atoms with van der Waals surface area (Å²) in [6.45, 7) is 0. The van der Waals surface area contributed by atoms with E-state index in [2.05, 4.69) is 10.4 Å². The number of amides is 1. The van der Waals surface area contributed by atoms with Gasteiger partial charge in [-0.3, -0.25) is 9.48 Å². The van der Waals surface area contributed by atoms with Gasteiger partial charge in [0.15, 0.2) is 5.82 Å². The maximum Gasteiger partial charge on any atom is 0.339 e. The van der Waals surface area contributed by atoms with Crippen molar-refractivity contribution in [3.8, 4) is 17.0 Å². The molecule has 7 nitrogen and oxygen atoms in total. The Balaban J connectivity index is 1.85. The van der Waals surface area contributed by atoms with Gasteiger partial charge >= 0.3 is 5.97 Å². The van der Waals surface area contributed by atoms with Crippen molar-refractivity contribution in [2.24, 2.45) is 7.05 Å². The van der Waals surface area contributed by atoms with Crippen LogP contribution in [0.15, 0.2) is 54.6 Å². The fourth-order valence-electron chi connectivity index (χ4n) is 2.61. The van der Waals surface area contributed by atoms with Crippen molar-refractivity contribution in [1.29, 1.82) is 0 Å². The van der Waals surface area contributed by atoms with E-state index in [-0.39, 0.29) is 16.9 Å². The third kappa shape index (κ3) is 3.41. The lowest BCUT2D eigenvalue weighted by molar-refractivity contribution is 0.0693. The standard InChI is InChI=1S/C19H17N3O4/c1-22-15(12-6-4-3-5-7-12)11-17(21-22)20-18(23)13-8-9-16(26-2)14(10-13)19(24)25/h3-11H,1-2H3,(H,24,25)(H,20,21,23). The molecule has 0 aliphatic rings. The average Bonchev–Trinajstić information content (AvgIpc) is 3.01. The molecule has 3 aromatic rings. The predicted octanol–water partition coefficient (Wildman–Crippen LogP) is 3.05. The van der Waals surface area contributed by atoms with Crippen molar-refractivity contribution in [1.82, 2.24) is 9.78 Å². The number of carboxylic acid groups (broad SMARTS) is 1. The van der Waals surface area contributed by atoms with Gasteiger partial charge in [0, 0.05) is 18.7 Å². The number of anilines is 1. The van der Waals surface area contributed by atoms with Crippen LogP contribution in [-0.4, -0.2) is 33.9 Å². The molecule has 0 saturated carbocycles. The van der Waals surface area contributed by atoms with Gasteiger partial charge in [-0.1, -0.05) is 30.3 Å². The van der Waals surface area contributed by atoms with E-state index >= 15 is 0 Å². The third-order valence-electron chi connectivity index (χ3n) is 3.88. The lowest BCUT2D eigenvalue weighted by Gasteiger charge is -2.07. The van der Waals surface area contributed by atoms with Gasteiger partial charge in [-0.05, 0) is 23.8 Å².